The number of nitrogens with one attached hydrogen (secondary N) is 2. The number of para-hydroxylation sites is 3. The largest absolute Gasteiger partial charge is 0.496 e. The number of imidazole rings is 1. The van der Waals surface area contributed by atoms with Gasteiger partial charge in [-0.3, -0.25) is 14.2 Å². The van der Waals surface area contributed by atoms with E-state index in [1.54, 1.807) is 42.4 Å². The monoisotopic (exact) mass is 474 g/mol. The summed E-state index contributed by atoms with van der Waals surface area (Å²) in [6.45, 7) is 0. The number of hydrogen-bond acceptors (Lipinski definition) is 5. The van der Waals surface area contributed by atoms with E-state index >= 15 is 0 Å². The Hall–Kier alpha value is -3.78. The molecule has 0 bridgehead atoms. The minimum Gasteiger partial charge on any atom is -0.496 e. The molecule has 174 valence electrons. The topological polar surface area (TPSA) is 85.2 Å². The molecule has 8 heteroatoms. The number of nitrogens with zero attached hydrogens (tertiary/aromatic N) is 2. The number of aromatic nitrogens is 2. The van der Waals surface area contributed by atoms with E-state index in [4.69, 9.17) is 4.74 Å². The van der Waals surface area contributed by atoms with Crippen molar-refractivity contribution in [3.8, 4) is 11.4 Å². The second kappa shape index (κ2) is 10.9. The molecule has 2 N–H and O–H groups in total. The number of anilines is 1. The maximum Gasteiger partial charge on any atom is 0.255 e. The van der Waals surface area contributed by atoms with Crippen molar-refractivity contribution in [3.05, 3.63) is 84.7 Å². The van der Waals surface area contributed by atoms with Crippen molar-refractivity contribution in [3.63, 3.8) is 0 Å². The van der Waals surface area contributed by atoms with Crippen LogP contribution < -0.4 is 15.4 Å². The summed E-state index contributed by atoms with van der Waals surface area (Å²) in [5.74, 6) is 0.586. The lowest BCUT2D eigenvalue weighted by molar-refractivity contribution is -0.118. The Kier molecular flexibility index (Phi) is 7.49. The van der Waals surface area contributed by atoms with Crippen LogP contribution in [0.15, 0.2) is 79.1 Å². The third-order valence-corrected chi connectivity index (χ3v) is 6.09. The average molecular weight is 475 g/mol. The van der Waals surface area contributed by atoms with Crippen LogP contribution in [0.2, 0.25) is 0 Å². The summed E-state index contributed by atoms with van der Waals surface area (Å²) in [4.78, 5) is 30.3. The summed E-state index contributed by atoms with van der Waals surface area (Å²) in [6.07, 6.45) is 4.26. The number of carbonyl (C=O) groups is 2. The fraction of sp³-hybridized carbons (Fsp3) is 0.192. The number of amides is 2. The van der Waals surface area contributed by atoms with Crippen molar-refractivity contribution < 1.29 is 14.3 Å². The highest BCUT2D eigenvalue weighted by Crippen LogP contribution is 2.21. The van der Waals surface area contributed by atoms with Crippen LogP contribution in [0.3, 0.4) is 0 Å². The summed E-state index contributed by atoms with van der Waals surface area (Å²) < 4.78 is 7.28. The van der Waals surface area contributed by atoms with E-state index in [0.29, 0.717) is 23.4 Å². The zero-order valence-corrected chi connectivity index (χ0v) is 19.8. The lowest BCUT2D eigenvalue weighted by Crippen LogP contribution is -2.44. The van der Waals surface area contributed by atoms with Crippen LogP contribution >= 0.6 is 11.8 Å². The molecule has 1 atom stereocenters. The number of thioether (sulfide) groups is 1. The molecule has 1 aromatic heterocycles. The molecular formula is C26H26N4O3S. The van der Waals surface area contributed by atoms with Gasteiger partial charge in [-0.25, -0.2) is 4.98 Å². The molecule has 0 aliphatic rings. The molecule has 0 spiro atoms. The Bertz CT molecular complexity index is 1290. The maximum absolute atomic E-state index is 13.0. The Balaban J connectivity index is 1.47. The van der Waals surface area contributed by atoms with Gasteiger partial charge in [-0.15, -0.1) is 0 Å². The summed E-state index contributed by atoms with van der Waals surface area (Å²) in [7, 11) is 1.51. The summed E-state index contributed by atoms with van der Waals surface area (Å²) in [5.41, 5.74) is 3.91. The van der Waals surface area contributed by atoms with E-state index in [2.05, 4.69) is 15.6 Å². The molecule has 3 aromatic carbocycles. The first kappa shape index (κ1) is 23.4. The van der Waals surface area contributed by atoms with Gasteiger partial charge in [-0.05, 0) is 67.0 Å². The van der Waals surface area contributed by atoms with Crippen LogP contribution in [-0.4, -0.2) is 46.5 Å². The normalized spacial score (nSPS) is 11.7. The van der Waals surface area contributed by atoms with E-state index in [1.165, 1.54) is 7.11 Å². The fourth-order valence-electron chi connectivity index (χ4n) is 3.67. The highest BCUT2D eigenvalue weighted by molar-refractivity contribution is 7.98. The van der Waals surface area contributed by atoms with Gasteiger partial charge in [0.25, 0.3) is 5.91 Å². The van der Waals surface area contributed by atoms with Crippen molar-refractivity contribution in [2.45, 2.75) is 12.5 Å². The SMILES string of the molecule is COc1ccccc1C(=O)NC(CCSC)C(=O)Nc1ccc(-n2cnc3ccccc32)cc1. The van der Waals surface area contributed by atoms with Crippen molar-refractivity contribution >= 4 is 40.3 Å². The van der Waals surface area contributed by atoms with Crippen LogP contribution in [-0.2, 0) is 4.79 Å². The number of carbonyl (C=O) groups excluding carboxylic acids is 2. The van der Waals surface area contributed by atoms with Gasteiger partial charge in [0.15, 0.2) is 0 Å². The number of hydrogen-bond donors (Lipinski definition) is 2. The molecule has 0 saturated carbocycles. The zero-order chi connectivity index (χ0) is 23.9. The molecule has 4 aromatic rings. The van der Waals surface area contributed by atoms with E-state index < -0.39 is 6.04 Å². The van der Waals surface area contributed by atoms with E-state index in [9.17, 15) is 9.59 Å². The predicted octanol–water partition coefficient (Wildman–Crippen LogP) is 4.52. The van der Waals surface area contributed by atoms with Gasteiger partial charge in [0.1, 0.15) is 18.1 Å². The van der Waals surface area contributed by atoms with Gasteiger partial charge in [0, 0.05) is 11.4 Å². The number of methoxy groups -OCH3 is 1. The molecule has 7 nitrogen and oxygen atoms in total. The Morgan fingerprint density at radius 2 is 1.76 bits per heavy atom. The van der Waals surface area contributed by atoms with Crippen molar-refractivity contribution in [1.82, 2.24) is 14.9 Å². The van der Waals surface area contributed by atoms with Crippen LogP contribution in [0, 0.1) is 0 Å². The molecule has 0 radical (unpaired) electrons. The maximum atomic E-state index is 13.0. The molecule has 1 heterocycles. The van der Waals surface area contributed by atoms with Gasteiger partial charge < -0.3 is 15.4 Å². The fourth-order valence-corrected chi connectivity index (χ4v) is 4.14. The molecule has 0 aliphatic heterocycles. The number of benzene rings is 3. The molecule has 2 amide bonds. The average Bonchev–Trinajstić information content (AvgIpc) is 3.31. The Morgan fingerprint density at radius 3 is 2.53 bits per heavy atom. The van der Waals surface area contributed by atoms with Crippen molar-refractivity contribution in [2.24, 2.45) is 0 Å². The minimum absolute atomic E-state index is 0.266. The Labute approximate surface area is 202 Å². The molecular weight excluding hydrogens is 448 g/mol. The van der Waals surface area contributed by atoms with Crippen LogP contribution in [0.5, 0.6) is 5.75 Å². The van der Waals surface area contributed by atoms with Gasteiger partial charge in [0.2, 0.25) is 5.91 Å². The summed E-state index contributed by atoms with van der Waals surface area (Å²) >= 11 is 1.62. The molecule has 4 rings (SSSR count). The smallest absolute Gasteiger partial charge is 0.255 e. The first-order valence-corrected chi connectivity index (χ1v) is 12.3. The van der Waals surface area contributed by atoms with Crippen molar-refractivity contribution in [2.75, 3.05) is 24.4 Å². The zero-order valence-electron chi connectivity index (χ0n) is 19.0. The molecule has 0 aliphatic carbocycles. The quantitative estimate of drug-likeness (QED) is 0.372. The number of rotatable bonds is 9. The molecule has 0 fully saturated rings. The van der Waals surface area contributed by atoms with Gasteiger partial charge in [-0.1, -0.05) is 24.3 Å². The first-order valence-electron chi connectivity index (χ1n) is 10.9. The predicted molar refractivity (Wildman–Crippen MR) is 137 cm³/mol. The van der Waals surface area contributed by atoms with E-state index in [-0.39, 0.29) is 11.8 Å². The van der Waals surface area contributed by atoms with Crippen LogP contribution in [0.25, 0.3) is 16.7 Å². The summed E-state index contributed by atoms with van der Waals surface area (Å²) in [6, 6.07) is 21.7. The van der Waals surface area contributed by atoms with E-state index in [0.717, 1.165) is 22.5 Å². The lowest BCUT2D eigenvalue weighted by atomic mass is 10.1. The molecule has 0 saturated heterocycles. The number of ether oxygens (including phenoxy) is 1. The van der Waals surface area contributed by atoms with Crippen molar-refractivity contribution in [1.29, 1.82) is 0 Å². The third kappa shape index (κ3) is 5.23. The minimum atomic E-state index is -0.679. The third-order valence-electron chi connectivity index (χ3n) is 5.45. The number of fused-ring (bicyclic) bond motifs is 1. The van der Waals surface area contributed by atoms with Crippen LogP contribution in [0.1, 0.15) is 16.8 Å². The van der Waals surface area contributed by atoms with Crippen LogP contribution in [0.4, 0.5) is 5.69 Å². The highest BCUT2D eigenvalue weighted by Gasteiger charge is 2.23. The molecule has 34 heavy (non-hydrogen) atoms. The standard InChI is InChI=1S/C26H26N4O3S/c1-33-24-10-6-3-7-20(24)25(31)29-22(15-16-34-2)26(32)28-18-11-13-19(14-12-18)30-17-27-21-8-4-5-9-23(21)30/h3-14,17,22H,15-16H2,1-2H3,(H,28,32)(H,29,31). The van der Waals surface area contributed by atoms with Gasteiger partial charge in [0.05, 0.1) is 23.7 Å². The highest BCUT2D eigenvalue weighted by atomic mass is 32.2. The first-order chi connectivity index (χ1) is 16.6. The van der Waals surface area contributed by atoms with Gasteiger partial charge >= 0.3 is 0 Å². The molecule has 1 unspecified atom stereocenters. The second-order valence-corrected chi connectivity index (χ2v) is 8.63. The lowest BCUT2D eigenvalue weighted by Gasteiger charge is -2.19. The summed E-state index contributed by atoms with van der Waals surface area (Å²) in [5, 5.41) is 5.79. The van der Waals surface area contributed by atoms with E-state index in [1.807, 2.05) is 59.4 Å². The Morgan fingerprint density at radius 1 is 1.03 bits per heavy atom. The van der Waals surface area contributed by atoms with Gasteiger partial charge in [-0.2, -0.15) is 11.8 Å². The second-order valence-electron chi connectivity index (χ2n) is 7.65.